The lowest BCUT2D eigenvalue weighted by atomic mass is 10.1. The van der Waals surface area contributed by atoms with E-state index in [1.807, 2.05) is 13.0 Å². The first-order valence-electron chi connectivity index (χ1n) is 7.93. The predicted octanol–water partition coefficient (Wildman–Crippen LogP) is 5.48. The van der Waals surface area contributed by atoms with Crippen LogP contribution in [-0.2, 0) is 6.42 Å². The number of hydrogen-bond donors (Lipinski definition) is 2. The average Bonchev–Trinajstić information content (AvgIpc) is 3.05. The van der Waals surface area contributed by atoms with Crippen molar-refractivity contribution in [2.24, 2.45) is 0 Å². The highest BCUT2D eigenvalue weighted by atomic mass is 35.5. The van der Waals surface area contributed by atoms with Crippen LogP contribution in [0.25, 0.3) is 10.7 Å². The number of carboxylic acids is 1. The second-order valence-electron chi connectivity index (χ2n) is 5.68. The number of benzene rings is 1. The molecule has 2 heterocycles. The third-order valence-corrected chi connectivity index (χ3v) is 5.05. The minimum absolute atomic E-state index is 0.124. The van der Waals surface area contributed by atoms with Gasteiger partial charge in [-0.15, -0.1) is 17.9 Å². The Kier molecular flexibility index (Phi) is 5.53. The van der Waals surface area contributed by atoms with E-state index in [0.29, 0.717) is 22.4 Å². The van der Waals surface area contributed by atoms with Crippen LogP contribution in [0.3, 0.4) is 0 Å². The summed E-state index contributed by atoms with van der Waals surface area (Å²) in [4.78, 5) is 20.8. The van der Waals surface area contributed by atoms with E-state index in [2.05, 4.69) is 21.9 Å². The van der Waals surface area contributed by atoms with Gasteiger partial charge in [-0.25, -0.2) is 19.2 Å². The lowest BCUT2D eigenvalue weighted by Gasteiger charge is -2.14. The molecule has 2 N–H and O–H groups in total. The van der Waals surface area contributed by atoms with E-state index in [1.165, 1.54) is 23.5 Å². The largest absolute Gasteiger partial charge is 0.478 e. The van der Waals surface area contributed by atoms with Crippen LogP contribution in [0.5, 0.6) is 0 Å². The smallest absolute Gasteiger partial charge is 0.335 e. The molecule has 0 radical (unpaired) electrons. The first-order chi connectivity index (χ1) is 12.9. The van der Waals surface area contributed by atoms with Crippen molar-refractivity contribution in [1.29, 1.82) is 0 Å². The molecular weight excluding hydrogens is 389 g/mol. The van der Waals surface area contributed by atoms with Crippen LogP contribution in [0.1, 0.15) is 21.6 Å². The van der Waals surface area contributed by atoms with E-state index in [0.717, 1.165) is 22.2 Å². The number of hydrogen-bond acceptors (Lipinski definition) is 5. The number of aromatic carboxylic acids is 1. The van der Waals surface area contributed by atoms with Gasteiger partial charge in [-0.05, 0) is 43.7 Å². The number of halogens is 2. The molecule has 0 bridgehead atoms. The minimum atomic E-state index is -1.19. The number of aromatic nitrogens is 2. The van der Waals surface area contributed by atoms with Crippen molar-refractivity contribution < 1.29 is 14.3 Å². The number of carboxylic acid groups (broad SMARTS) is 1. The highest BCUT2D eigenvalue weighted by Crippen LogP contribution is 2.32. The molecule has 3 aromatic rings. The SMILES string of the molecule is C=CCc1c(C)nc(-c2ccc(Cl)s2)nc1Nc1ccc(C(=O)O)cc1F. The fourth-order valence-corrected chi connectivity index (χ4v) is 3.49. The number of anilines is 2. The molecule has 27 heavy (non-hydrogen) atoms. The first-order valence-corrected chi connectivity index (χ1v) is 9.12. The molecule has 0 aliphatic carbocycles. The van der Waals surface area contributed by atoms with E-state index in [4.69, 9.17) is 16.7 Å². The fourth-order valence-electron chi connectivity index (χ4n) is 2.51. The standard InChI is InChI=1S/C19H15ClFN3O2S/c1-3-4-12-10(2)22-18(15-7-8-16(20)27-15)24-17(12)23-14-6-5-11(19(25)26)9-13(14)21/h3,5-9H,1,4H2,2H3,(H,25,26)(H,22,23,24). The van der Waals surface area contributed by atoms with Crippen molar-refractivity contribution in [2.45, 2.75) is 13.3 Å². The van der Waals surface area contributed by atoms with Crippen LogP contribution in [0, 0.1) is 12.7 Å². The van der Waals surface area contributed by atoms with Gasteiger partial charge in [0.2, 0.25) is 0 Å². The molecule has 8 heteroatoms. The molecule has 138 valence electrons. The van der Waals surface area contributed by atoms with E-state index in [1.54, 1.807) is 12.1 Å². The normalized spacial score (nSPS) is 10.6. The maximum Gasteiger partial charge on any atom is 0.335 e. The number of aryl methyl sites for hydroxylation is 1. The molecule has 0 amide bonds. The van der Waals surface area contributed by atoms with Crippen molar-refractivity contribution in [3.05, 3.63) is 70.0 Å². The van der Waals surface area contributed by atoms with Crippen LogP contribution in [0.15, 0.2) is 43.0 Å². The number of thiophene rings is 1. The third-order valence-electron chi connectivity index (χ3n) is 3.83. The Morgan fingerprint density at radius 3 is 2.74 bits per heavy atom. The molecule has 0 aliphatic rings. The van der Waals surface area contributed by atoms with Crippen LogP contribution in [-0.4, -0.2) is 21.0 Å². The molecule has 0 fully saturated rings. The molecule has 0 saturated carbocycles. The Labute approximate surface area is 164 Å². The van der Waals surface area contributed by atoms with Gasteiger partial charge in [-0.3, -0.25) is 0 Å². The molecule has 0 aliphatic heterocycles. The summed E-state index contributed by atoms with van der Waals surface area (Å²) in [5.41, 5.74) is 1.50. The molecule has 1 aromatic carbocycles. The van der Waals surface area contributed by atoms with Gasteiger partial charge >= 0.3 is 5.97 Å². The highest BCUT2D eigenvalue weighted by Gasteiger charge is 2.16. The number of carbonyl (C=O) groups is 1. The Morgan fingerprint density at radius 1 is 1.37 bits per heavy atom. The summed E-state index contributed by atoms with van der Waals surface area (Å²) < 4.78 is 15.0. The van der Waals surface area contributed by atoms with Crippen molar-refractivity contribution >= 4 is 40.4 Å². The van der Waals surface area contributed by atoms with Gasteiger partial charge in [-0.1, -0.05) is 17.7 Å². The Bertz CT molecular complexity index is 1040. The summed E-state index contributed by atoms with van der Waals surface area (Å²) >= 11 is 7.34. The lowest BCUT2D eigenvalue weighted by Crippen LogP contribution is -2.07. The molecule has 0 unspecified atom stereocenters. The molecule has 0 saturated heterocycles. The van der Waals surface area contributed by atoms with Crippen LogP contribution >= 0.6 is 22.9 Å². The molecule has 2 aromatic heterocycles. The van der Waals surface area contributed by atoms with Gasteiger partial charge in [0, 0.05) is 11.3 Å². The van der Waals surface area contributed by atoms with Crippen LogP contribution < -0.4 is 5.32 Å². The summed E-state index contributed by atoms with van der Waals surface area (Å²) in [5.74, 6) is -0.967. The molecular formula is C19H15ClFN3O2S. The van der Waals surface area contributed by atoms with E-state index >= 15 is 0 Å². The summed E-state index contributed by atoms with van der Waals surface area (Å²) in [5, 5.41) is 11.9. The maximum absolute atomic E-state index is 14.3. The highest BCUT2D eigenvalue weighted by molar-refractivity contribution is 7.19. The Hall–Kier alpha value is -2.77. The molecule has 0 spiro atoms. The average molecular weight is 404 g/mol. The first kappa shape index (κ1) is 19.0. The summed E-state index contributed by atoms with van der Waals surface area (Å²) in [6, 6.07) is 7.24. The van der Waals surface area contributed by atoms with E-state index < -0.39 is 11.8 Å². The summed E-state index contributed by atoms with van der Waals surface area (Å²) in [6.07, 6.45) is 2.21. The molecule has 5 nitrogen and oxygen atoms in total. The van der Waals surface area contributed by atoms with Crippen molar-refractivity contribution in [2.75, 3.05) is 5.32 Å². The molecule has 3 rings (SSSR count). The van der Waals surface area contributed by atoms with Gasteiger partial charge in [0.1, 0.15) is 11.6 Å². The van der Waals surface area contributed by atoms with Crippen LogP contribution in [0.2, 0.25) is 4.34 Å². The minimum Gasteiger partial charge on any atom is -0.478 e. The second-order valence-corrected chi connectivity index (χ2v) is 7.40. The maximum atomic E-state index is 14.3. The Balaban J connectivity index is 2.06. The fraction of sp³-hybridized carbons (Fsp3) is 0.105. The van der Waals surface area contributed by atoms with E-state index in [9.17, 15) is 9.18 Å². The second kappa shape index (κ2) is 7.85. The van der Waals surface area contributed by atoms with Gasteiger partial charge in [-0.2, -0.15) is 0 Å². The summed E-state index contributed by atoms with van der Waals surface area (Å²) in [7, 11) is 0. The monoisotopic (exact) mass is 403 g/mol. The van der Waals surface area contributed by atoms with Gasteiger partial charge < -0.3 is 10.4 Å². The number of allylic oxidation sites excluding steroid dienone is 1. The van der Waals surface area contributed by atoms with Crippen LogP contribution in [0.4, 0.5) is 15.9 Å². The zero-order chi connectivity index (χ0) is 19.6. The van der Waals surface area contributed by atoms with Gasteiger partial charge in [0.05, 0.1) is 20.5 Å². The quantitative estimate of drug-likeness (QED) is 0.533. The third kappa shape index (κ3) is 4.15. The van der Waals surface area contributed by atoms with Crippen molar-refractivity contribution in [1.82, 2.24) is 9.97 Å². The predicted molar refractivity (Wildman–Crippen MR) is 106 cm³/mol. The number of nitrogens with one attached hydrogen (secondary N) is 1. The number of nitrogens with zero attached hydrogens (tertiary/aromatic N) is 2. The lowest BCUT2D eigenvalue weighted by molar-refractivity contribution is 0.0696. The van der Waals surface area contributed by atoms with Gasteiger partial charge in [0.25, 0.3) is 0 Å². The summed E-state index contributed by atoms with van der Waals surface area (Å²) in [6.45, 7) is 5.58. The van der Waals surface area contributed by atoms with Crippen molar-refractivity contribution in [3.8, 4) is 10.7 Å². The Morgan fingerprint density at radius 2 is 2.15 bits per heavy atom. The topological polar surface area (TPSA) is 75.1 Å². The molecule has 0 atom stereocenters. The van der Waals surface area contributed by atoms with Crippen molar-refractivity contribution in [3.63, 3.8) is 0 Å². The number of rotatable bonds is 6. The zero-order valence-corrected chi connectivity index (χ0v) is 15.9. The zero-order valence-electron chi connectivity index (χ0n) is 14.3. The van der Waals surface area contributed by atoms with Gasteiger partial charge in [0.15, 0.2) is 5.82 Å². The van der Waals surface area contributed by atoms with E-state index in [-0.39, 0.29) is 11.3 Å².